The van der Waals surface area contributed by atoms with Gasteiger partial charge in [-0.3, -0.25) is 4.79 Å². The quantitative estimate of drug-likeness (QED) is 0.759. The Bertz CT molecular complexity index is 360. The monoisotopic (exact) mass is 255 g/mol. The maximum Gasteiger partial charge on any atom is 0.163 e. The van der Waals surface area contributed by atoms with Gasteiger partial charge >= 0.3 is 0 Å². The summed E-state index contributed by atoms with van der Waals surface area (Å²) in [5, 5.41) is 10.1. The van der Waals surface area contributed by atoms with Crippen molar-refractivity contribution in [3.05, 3.63) is 34.3 Å². The summed E-state index contributed by atoms with van der Waals surface area (Å²) in [6.07, 6.45) is -0.246. The number of Topliss-reactive ketones (excluding diaryl/α,β-unsaturated/α-hetero) is 1. The van der Waals surface area contributed by atoms with E-state index in [1.807, 2.05) is 0 Å². The highest BCUT2D eigenvalue weighted by Crippen LogP contribution is 2.13. The number of ketones is 1. The molecule has 0 amide bonds. The van der Waals surface area contributed by atoms with Gasteiger partial charge in [-0.2, -0.15) is 0 Å². The fourth-order valence-electron chi connectivity index (χ4n) is 1.02. The van der Waals surface area contributed by atoms with E-state index in [9.17, 15) is 14.7 Å². The van der Waals surface area contributed by atoms with Gasteiger partial charge in [0.05, 0.1) is 0 Å². The maximum atomic E-state index is 11.4. The molecule has 3 nitrogen and oxygen atoms in total. The third-order valence-electron chi connectivity index (χ3n) is 1.70. The summed E-state index contributed by atoms with van der Waals surface area (Å²) in [6, 6.07) is 6.85. The Balaban J connectivity index is 2.65. The molecule has 0 fully saturated rings. The van der Waals surface area contributed by atoms with E-state index in [0.29, 0.717) is 5.56 Å². The number of rotatable bonds is 4. The third kappa shape index (κ3) is 3.30. The summed E-state index contributed by atoms with van der Waals surface area (Å²) in [6.45, 7) is 0. The van der Waals surface area contributed by atoms with Gasteiger partial charge in [-0.15, -0.1) is 0 Å². The number of carbonyl (C=O) groups is 2. The molecule has 1 rings (SSSR count). The summed E-state index contributed by atoms with van der Waals surface area (Å²) in [7, 11) is 0. The van der Waals surface area contributed by atoms with Gasteiger partial charge in [0.25, 0.3) is 0 Å². The van der Waals surface area contributed by atoms with Gasteiger partial charge in [0.15, 0.2) is 5.78 Å². The molecule has 0 aliphatic carbocycles. The summed E-state index contributed by atoms with van der Waals surface area (Å²) < 4.78 is 0.803. The molecule has 0 saturated heterocycles. The number of halogens is 1. The Hall–Kier alpha value is -1.16. The van der Waals surface area contributed by atoms with Gasteiger partial charge in [-0.05, 0) is 18.6 Å². The first-order valence-corrected chi connectivity index (χ1v) is 4.87. The van der Waals surface area contributed by atoms with Crippen LogP contribution in [0.4, 0.5) is 0 Å². The number of carbonyl (C=O) groups excluding carboxylic acids is 2. The summed E-state index contributed by atoms with van der Waals surface area (Å²) in [5.74, 6) is -1.39. The second kappa shape index (κ2) is 4.91. The zero-order valence-electron chi connectivity index (χ0n) is 7.33. The number of aliphatic carboxylic acids is 1. The van der Waals surface area contributed by atoms with Crippen LogP contribution in [-0.4, -0.2) is 11.8 Å². The SMILES string of the molecule is O=C([O-])CCC(=O)c1cccc(Br)c1. The summed E-state index contributed by atoms with van der Waals surface area (Å²) in [5.41, 5.74) is 0.514. The molecule has 1 aromatic rings. The highest BCUT2D eigenvalue weighted by atomic mass is 79.9. The predicted octanol–water partition coefficient (Wildman–Crippen LogP) is 1.16. The summed E-state index contributed by atoms with van der Waals surface area (Å²) in [4.78, 5) is 21.5. The molecule has 0 aliphatic heterocycles. The molecule has 14 heavy (non-hydrogen) atoms. The van der Waals surface area contributed by atoms with Crippen LogP contribution in [-0.2, 0) is 4.79 Å². The van der Waals surface area contributed by atoms with E-state index in [-0.39, 0.29) is 18.6 Å². The highest BCUT2D eigenvalue weighted by Gasteiger charge is 2.05. The molecule has 1 aromatic carbocycles. The number of hydrogen-bond donors (Lipinski definition) is 0. The first-order valence-electron chi connectivity index (χ1n) is 4.08. The van der Waals surface area contributed by atoms with Crippen molar-refractivity contribution in [3.8, 4) is 0 Å². The zero-order chi connectivity index (χ0) is 10.6. The molecule has 0 aliphatic rings. The molecule has 0 heterocycles. The number of hydrogen-bond acceptors (Lipinski definition) is 3. The minimum Gasteiger partial charge on any atom is -0.550 e. The van der Waals surface area contributed by atoms with Crippen LogP contribution in [0, 0.1) is 0 Å². The third-order valence-corrected chi connectivity index (χ3v) is 2.20. The lowest BCUT2D eigenvalue weighted by Crippen LogP contribution is -2.22. The number of benzene rings is 1. The Morgan fingerprint density at radius 1 is 1.29 bits per heavy atom. The molecular weight excluding hydrogens is 248 g/mol. The van der Waals surface area contributed by atoms with Gasteiger partial charge in [0.2, 0.25) is 0 Å². The highest BCUT2D eigenvalue weighted by molar-refractivity contribution is 9.10. The van der Waals surface area contributed by atoms with E-state index in [2.05, 4.69) is 15.9 Å². The first kappa shape index (κ1) is 10.9. The van der Waals surface area contributed by atoms with Crippen molar-refractivity contribution >= 4 is 27.7 Å². The van der Waals surface area contributed by atoms with Crippen molar-refractivity contribution < 1.29 is 14.7 Å². The van der Waals surface area contributed by atoms with Crippen molar-refractivity contribution in [2.75, 3.05) is 0 Å². The van der Waals surface area contributed by atoms with Gasteiger partial charge in [-0.1, -0.05) is 28.1 Å². The normalized spacial score (nSPS) is 9.79. The standard InChI is InChI=1S/C10H9BrO3/c11-8-3-1-2-7(6-8)9(12)4-5-10(13)14/h1-3,6H,4-5H2,(H,13,14)/p-1. The molecule has 4 heteroatoms. The van der Waals surface area contributed by atoms with Crippen molar-refractivity contribution in [2.24, 2.45) is 0 Å². The summed E-state index contributed by atoms with van der Waals surface area (Å²) >= 11 is 3.23. The Morgan fingerprint density at radius 3 is 2.57 bits per heavy atom. The van der Waals surface area contributed by atoms with Crippen molar-refractivity contribution in [2.45, 2.75) is 12.8 Å². The predicted molar refractivity (Wildman–Crippen MR) is 52.7 cm³/mol. The Kier molecular flexibility index (Phi) is 3.83. The van der Waals surface area contributed by atoms with Gasteiger partial charge in [-0.25, -0.2) is 0 Å². The second-order valence-electron chi connectivity index (χ2n) is 2.81. The van der Waals surface area contributed by atoms with Crippen molar-refractivity contribution in [1.82, 2.24) is 0 Å². The lowest BCUT2D eigenvalue weighted by atomic mass is 10.1. The second-order valence-corrected chi connectivity index (χ2v) is 3.72. The fraction of sp³-hybridized carbons (Fsp3) is 0.200. The molecule has 0 bridgehead atoms. The first-order chi connectivity index (χ1) is 6.59. The largest absolute Gasteiger partial charge is 0.550 e. The van der Waals surface area contributed by atoms with E-state index < -0.39 is 5.97 Å². The van der Waals surface area contributed by atoms with Crippen molar-refractivity contribution in [3.63, 3.8) is 0 Å². The average molecular weight is 256 g/mol. The lowest BCUT2D eigenvalue weighted by Gasteiger charge is -2.02. The van der Waals surface area contributed by atoms with Gasteiger partial charge < -0.3 is 9.90 Å². The van der Waals surface area contributed by atoms with Crippen LogP contribution in [0.15, 0.2) is 28.7 Å². The van der Waals surface area contributed by atoms with Crippen LogP contribution < -0.4 is 5.11 Å². The maximum absolute atomic E-state index is 11.4. The van der Waals surface area contributed by atoms with E-state index >= 15 is 0 Å². The lowest BCUT2D eigenvalue weighted by molar-refractivity contribution is -0.305. The molecule has 0 aromatic heterocycles. The molecular formula is C10H8BrO3-. The zero-order valence-corrected chi connectivity index (χ0v) is 8.91. The Morgan fingerprint density at radius 2 is 2.00 bits per heavy atom. The van der Waals surface area contributed by atoms with E-state index in [4.69, 9.17) is 0 Å². The van der Waals surface area contributed by atoms with E-state index in [0.717, 1.165) is 4.47 Å². The number of carboxylic acid groups (broad SMARTS) is 1. The van der Waals surface area contributed by atoms with Crippen LogP contribution in [0.1, 0.15) is 23.2 Å². The number of carboxylic acids is 1. The molecule has 0 N–H and O–H groups in total. The molecule has 0 spiro atoms. The molecule has 0 unspecified atom stereocenters. The molecule has 0 saturated carbocycles. The van der Waals surface area contributed by atoms with Gasteiger partial charge in [0.1, 0.15) is 0 Å². The topological polar surface area (TPSA) is 57.2 Å². The van der Waals surface area contributed by atoms with Crippen LogP contribution in [0.3, 0.4) is 0 Å². The fourth-order valence-corrected chi connectivity index (χ4v) is 1.42. The van der Waals surface area contributed by atoms with Crippen LogP contribution in [0.5, 0.6) is 0 Å². The smallest absolute Gasteiger partial charge is 0.163 e. The molecule has 0 atom stereocenters. The van der Waals surface area contributed by atoms with E-state index in [1.54, 1.807) is 24.3 Å². The molecule has 0 radical (unpaired) electrons. The average Bonchev–Trinajstić information content (AvgIpc) is 2.14. The van der Waals surface area contributed by atoms with Crippen molar-refractivity contribution in [1.29, 1.82) is 0 Å². The van der Waals surface area contributed by atoms with Crippen LogP contribution in [0.25, 0.3) is 0 Å². The minimum atomic E-state index is -1.20. The molecule has 74 valence electrons. The van der Waals surface area contributed by atoms with E-state index in [1.165, 1.54) is 0 Å². The van der Waals surface area contributed by atoms with Crippen LogP contribution in [0.2, 0.25) is 0 Å². The Labute approximate surface area is 89.9 Å². The van der Waals surface area contributed by atoms with Crippen LogP contribution >= 0.6 is 15.9 Å². The minimum absolute atomic E-state index is 0.0151. The van der Waals surface area contributed by atoms with Gasteiger partial charge in [0, 0.05) is 22.4 Å².